The lowest BCUT2D eigenvalue weighted by Gasteiger charge is -2.11. The summed E-state index contributed by atoms with van der Waals surface area (Å²) in [6.07, 6.45) is 0. The van der Waals surface area contributed by atoms with Crippen molar-refractivity contribution in [2.24, 2.45) is 0 Å². The molecule has 0 saturated heterocycles. The van der Waals surface area contributed by atoms with Gasteiger partial charge in [0.2, 0.25) is 0 Å². The minimum absolute atomic E-state index is 0.108. The number of carbonyl (C=O) groups is 1. The third-order valence-corrected chi connectivity index (χ3v) is 5.55. The van der Waals surface area contributed by atoms with Crippen molar-refractivity contribution in [3.8, 4) is 17.1 Å². The second kappa shape index (κ2) is 8.35. The zero-order valence-corrected chi connectivity index (χ0v) is 18.4. The molecule has 0 amide bonds. The van der Waals surface area contributed by atoms with Gasteiger partial charge in [0.1, 0.15) is 5.75 Å². The topological polar surface area (TPSA) is 78.5 Å². The Kier molecular flexibility index (Phi) is 5.22. The number of Topliss-reactive ketones (excluding diaryl/α,β-unsaturated/α-hetero) is 1. The Hall–Kier alpha value is -4.26. The summed E-state index contributed by atoms with van der Waals surface area (Å²) in [5, 5.41) is 5.23. The molecule has 2 aromatic heterocycles. The Labute approximate surface area is 189 Å². The molecule has 7 nitrogen and oxygen atoms in total. The molecule has 0 N–H and O–H groups in total. The number of aromatic nitrogens is 4. The molecule has 0 saturated carbocycles. The molecule has 33 heavy (non-hydrogen) atoms. The molecule has 0 aliphatic carbocycles. The Bertz CT molecular complexity index is 1530. The summed E-state index contributed by atoms with van der Waals surface area (Å²) in [7, 11) is 0. The predicted molar refractivity (Wildman–Crippen MR) is 127 cm³/mol. The summed E-state index contributed by atoms with van der Waals surface area (Å²) < 4.78 is 8.18. The summed E-state index contributed by atoms with van der Waals surface area (Å²) in [5.41, 5.74) is 3.16. The molecule has 3 aromatic carbocycles. The van der Waals surface area contributed by atoms with Crippen LogP contribution in [0.2, 0.25) is 0 Å². The van der Waals surface area contributed by atoms with Crippen LogP contribution in [0.3, 0.4) is 0 Å². The molecule has 0 unspecified atom stereocenters. The van der Waals surface area contributed by atoms with Gasteiger partial charge in [-0.25, -0.2) is 9.78 Å². The fourth-order valence-electron chi connectivity index (χ4n) is 3.85. The van der Waals surface area contributed by atoms with Crippen molar-refractivity contribution in [2.45, 2.75) is 20.4 Å². The Morgan fingerprint density at radius 2 is 1.70 bits per heavy atom. The van der Waals surface area contributed by atoms with Gasteiger partial charge >= 0.3 is 5.69 Å². The smallest absolute Gasteiger partial charge is 0.351 e. The summed E-state index contributed by atoms with van der Waals surface area (Å²) in [6.45, 7) is 4.36. The molecule has 0 radical (unpaired) electrons. The Morgan fingerprint density at radius 3 is 2.42 bits per heavy atom. The number of nitrogens with zero attached hydrogens (tertiary/aromatic N) is 4. The first-order valence-electron chi connectivity index (χ1n) is 10.8. The van der Waals surface area contributed by atoms with Crippen molar-refractivity contribution in [2.75, 3.05) is 6.61 Å². The summed E-state index contributed by atoms with van der Waals surface area (Å²) >= 11 is 0. The van der Waals surface area contributed by atoms with E-state index in [4.69, 9.17) is 4.74 Å². The first-order valence-corrected chi connectivity index (χ1v) is 10.8. The fraction of sp³-hybridized carbons (Fsp3) is 0.154. The summed E-state index contributed by atoms with van der Waals surface area (Å²) in [5.74, 6) is 0.987. The van der Waals surface area contributed by atoms with Gasteiger partial charge in [-0.1, -0.05) is 42.0 Å². The predicted octanol–water partition coefficient (Wildman–Crippen LogP) is 4.30. The minimum Gasteiger partial charge on any atom is -0.494 e. The van der Waals surface area contributed by atoms with Crippen LogP contribution < -0.4 is 10.4 Å². The largest absolute Gasteiger partial charge is 0.494 e. The molecule has 5 aromatic rings. The van der Waals surface area contributed by atoms with Gasteiger partial charge in [-0.05, 0) is 50.2 Å². The molecular formula is C26H22N4O3. The number of aryl methyl sites for hydroxylation is 1. The monoisotopic (exact) mass is 438 g/mol. The molecule has 0 atom stereocenters. The zero-order chi connectivity index (χ0) is 22.9. The highest BCUT2D eigenvalue weighted by Gasteiger charge is 2.18. The molecule has 0 aliphatic heterocycles. The normalized spacial score (nSPS) is 11.2. The fourth-order valence-corrected chi connectivity index (χ4v) is 3.85. The highest BCUT2D eigenvalue weighted by Crippen LogP contribution is 2.22. The lowest BCUT2D eigenvalue weighted by atomic mass is 10.1. The lowest BCUT2D eigenvalue weighted by molar-refractivity contribution is 0.0971. The van der Waals surface area contributed by atoms with Crippen LogP contribution in [0.5, 0.6) is 5.75 Å². The lowest BCUT2D eigenvalue weighted by Crippen LogP contribution is -2.30. The van der Waals surface area contributed by atoms with Gasteiger partial charge in [0.05, 0.1) is 18.7 Å². The molecule has 0 aliphatic rings. The quantitative estimate of drug-likeness (QED) is 0.369. The van der Waals surface area contributed by atoms with Crippen LogP contribution >= 0.6 is 0 Å². The van der Waals surface area contributed by atoms with Gasteiger partial charge in [-0.15, -0.1) is 5.10 Å². The number of para-hydroxylation sites is 1. The number of ketones is 1. The maximum Gasteiger partial charge on any atom is 0.351 e. The molecule has 0 bridgehead atoms. The maximum atomic E-state index is 13.4. The summed E-state index contributed by atoms with van der Waals surface area (Å²) in [4.78, 5) is 31.1. The van der Waals surface area contributed by atoms with E-state index in [2.05, 4.69) is 10.1 Å². The number of benzene rings is 3. The van der Waals surface area contributed by atoms with Crippen molar-refractivity contribution in [1.29, 1.82) is 0 Å². The number of fused-ring (bicyclic) bond motifs is 3. The van der Waals surface area contributed by atoms with Crippen molar-refractivity contribution in [3.63, 3.8) is 0 Å². The molecular weight excluding hydrogens is 416 g/mol. The van der Waals surface area contributed by atoms with E-state index in [0.717, 1.165) is 16.5 Å². The molecule has 5 rings (SSSR count). The second-order valence-corrected chi connectivity index (χ2v) is 7.80. The molecule has 0 fully saturated rings. The summed E-state index contributed by atoms with van der Waals surface area (Å²) in [6, 6.07) is 22.2. The highest BCUT2D eigenvalue weighted by atomic mass is 16.5. The first kappa shape index (κ1) is 20.6. The molecule has 7 heteroatoms. The van der Waals surface area contributed by atoms with E-state index in [1.807, 2.05) is 62.4 Å². The molecule has 0 spiro atoms. The van der Waals surface area contributed by atoms with E-state index < -0.39 is 5.69 Å². The van der Waals surface area contributed by atoms with Crippen LogP contribution in [0.15, 0.2) is 77.6 Å². The maximum absolute atomic E-state index is 13.4. The Morgan fingerprint density at radius 1 is 0.970 bits per heavy atom. The van der Waals surface area contributed by atoms with Crippen LogP contribution in [-0.4, -0.2) is 31.6 Å². The number of ether oxygens (including phenoxy) is 1. The highest BCUT2D eigenvalue weighted by molar-refractivity contribution is 5.98. The van der Waals surface area contributed by atoms with Gasteiger partial charge in [0, 0.05) is 16.5 Å². The van der Waals surface area contributed by atoms with Crippen LogP contribution in [0, 0.1) is 6.92 Å². The van der Waals surface area contributed by atoms with Gasteiger partial charge in [-0.3, -0.25) is 9.36 Å². The number of hydrogen-bond acceptors (Lipinski definition) is 5. The number of carbonyl (C=O) groups excluding carboxylic acids is 1. The number of hydrogen-bond donors (Lipinski definition) is 0. The van der Waals surface area contributed by atoms with Gasteiger partial charge in [-0.2, -0.15) is 4.52 Å². The third-order valence-electron chi connectivity index (χ3n) is 5.55. The van der Waals surface area contributed by atoms with Crippen LogP contribution in [0.1, 0.15) is 22.8 Å². The third kappa shape index (κ3) is 3.78. The van der Waals surface area contributed by atoms with Gasteiger partial charge < -0.3 is 4.74 Å². The average Bonchev–Trinajstić information content (AvgIpc) is 3.29. The van der Waals surface area contributed by atoms with Crippen LogP contribution in [0.25, 0.3) is 27.9 Å². The van der Waals surface area contributed by atoms with Gasteiger partial charge in [0.15, 0.2) is 17.3 Å². The van der Waals surface area contributed by atoms with E-state index in [1.54, 1.807) is 24.3 Å². The molecule has 164 valence electrons. The van der Waals surface area contributed by atoms with Crippen molar-refractivity contribution < 1.29 is 9.53 Å². The van der Waals surface area contributed by atoms with E-state index in [9.17, 15) is 9.59 Å². The van der Waals surface area contributed by atoms with E-state index in [0.29, 0.717) is 34.9 Å². The van der Waals surface area contributed by atoms with E-state index >= 15 is 0 Å². The van der Waals surface area contributed by atoms with E-state index in [1.165, 1.54) is 9.08 Å². The van der Waals surface area contributed by atoms with Crippen molar-refractivity contribution in [3.05, 3.63) is 94.4 Å². The number of rotatable bonds is 6. The first-order chi connectivity index (χ1) is 16.0. The second-order valence-electron chi connectivity index (χ2n) is 7.80. The Balaban J connectivity index is 1.61. The molecule has 2 heterocycles. The van der Waals surface area contributed by atoms with Crippen molar-refractivity contribution >= 4 is 22.3 Å². The minimum atomic E-state index is -0.408. The SMILES string of the molecule is CCOc1ccc(C(=O)Cn2c(=O)n3nc(-c4ccc(C)cc4)nc3c3ccccc32)cc1. The van der Waals surface area contributed by atoms with Crippen LogP contribution in [-0.2, 0) is 6.54 Å². The average molecular weight is 438 g/mol. The zero-order valence-electron chi connectivity index (χ0n) is 18.4. The van der Waals surface area contributed by atoms with Gasteiger partial charge in [0.25, 0.3) is 0 Å². The standard InChI is InChI=1S/C26H22N4O3/c1-3-33-20-14-12-18(13-15-20)23(31)16-29-22-7-5-4-6-21(22)25-27-24(28-30(25)26(29)32)19-10-8-17(2)9-11-19/h4-15H,3,16H2,1-2H3. The van der Waals surface area contributed by atoms with E-state index in [-0.39, 0.29) is 12.3 Å². The van der Waals surface area contributed by atoms with Crippen molar-refractivity contribution in [1.82, 2.24) is 19.2 Å². The van der Waals surface area contributed by atoms with Crippen LogP contribution in [0.4, 0.5) is 0 Å².